The number of guanidine groups is 1. The zero-order chi connectivity index (χ0) is 29.8. The lowest BCUT2D eigenvalue weighted by atomic mass is 9.83. The molecule has 1 saturated heterocycles. The van der Waals surface area contributed by atoms with Crippen molar-refractivity contribution in [1.29, 1.82) is 5.41 Å². The van der Waals surface area contributed by atoms with Crippen molar-refractivity contribution in [3.05, 3.63) is 29.8 Å². The van der Waals surface area contributed by atoms with Gasteiger partial charge in [-0.1, -0.05) is 32.0 Å². The number of carbonyl (C=O) groups excluding carboxylic acids is 2. The first-order valence-electron chi connectivity index (χ1n) is 13.2. The van der Waals surface area contributed by atoms with Gasteiger partial charge in [-0.15, -0.1) is 0 Å². The van der Waals surface area contributed by atoms with Gasteiger partial charge in [-0.25, -0.2) is 4.79 Å². The number of amides is 2. The third-order valence-corrected chi connectivity index (χ3v) is 7.84. The van der Waals surface area contributed by atoms with Crippen LogP contribution in [0.25, 0.3) is 0 Å². The number of para-hydroxylation sites is 1. The van der Waals surface area contributed by atoms with Crippen LogP contribution in [-0.4, -0.2) is 71.8 Å². The Balaban J connectivity index is 0.000000559. The van der Waals surface area contributed by atoms with E-state index < -0.39 is 17.7 Å². The Morgan fingerprint density at radius 3 is 2.55 bits per heavy atom. The Morgan fingerprint density at radius 1 is 1.32 bits per heavy atom. The molecule has 0 aromatic heterocycles. The minimum atomic E-state index is -5.08. The number of ether oxygens (including phenoxy) is 2. The first kappa shape index (κ1) is 31.2. The van der Waals surface area contributed by atoms with E-state index in [9.17, 15) is 22.8 Å². The van der Waals surface area contributed by atoms with Gasteiger partial charge in [-0.2, -0.15) is 13.2 Å². The van der Waals surface area contributed by atoms with Crippen molar-refractivity contribution in [2.45, 2.75) is 70.3 Å². The zero-order valence-electron chi connectivity index (χ0n) is 23.0. The topological polar surface area (TPSA) is 141 Å². The molecule has 5 atom stereocenters. The Morgan fingerprint density at radius 2 is 1.98 bits per heavy atom. The van der Waals surface area contributed by atoms with Crippen molar-refractivity contribution < 1.29 is 42.1 Å². The molecule has 4 N–H and O–H groups in total. The van der Waals surface area contributed by atoms with Crippen LogP contribution in [0.2, 0.25) is 0 Å². The van der Waals surface area contributed by atoms with Crippen molar-refractivity contribution in [3.63, 3.8) is 0 Å². The van der Waals surface area contributed by atoms with Crippen molar-refractivity contribution in [2.24, 2.45) is 17.8 Å². The van der Waals surface area contributed by atoms with Crippen molar-refractivity contribution in [3.8, 4) is 5.75 Å². The molecule has 0 radical (unpaired) electrons. The highest BCUT2D eigenvalue weighted by atomic mass is 19.4. The number of carboxylic acids is 1. The van der Waals surface area contributed by atoms with Gasteiger partial charge in [-0.05, 0) is 37.7 Å². The lowest BCUT2D eigenvalue weighted by Crippen LogP contribution is -2.65. The number of carboxylic acid groups (broad SMARTS) is 1. The lowest BCUT2D eigenvalue weighted by molar-refractivity contribution is -0.192. The average Bonchev–Trinajstić information content (AvgIpc) is 3.66. The van der Waals surface area contributed by atoms with Gasteiger partial charge in [0.15, 0.2) is 5.96 Å². The van der Waals surface area contributed by atoms with Crippen molar-refractivity contribution >= 4 is 23.7 Å². The molecule has 1 saturated carbocycles. The molecule has 13 heteroatoms. The minimum Gasteiger partial charge on any atom is -0.493 e. The van der Waals surface area contributed by atoms with Gasteiger partial charge in [0.1, 0.15) is 5.75 Å². The maximum atomic E-state index is 13.2. The summed E-state index contributed by atoms with van der Waals surface area (Å²) in [5.41, 5.74) is 0.572. The molecule has 222 valence electrons. The molecule has 0 bridgehead atoms. The third kappa shape index (κ3) is 7.23. The second-order valence-corrected chi connectivity index (χ2v) is 10.9. The quantitative estimate of drug-likeness (QED) is 0.375. The number of fused-ring (bicyclic) bond motifs is 1. The fraction of sp³-hybridized carbons (Fsp3) is 0.630. The minimum absolute atomic E-state index is 0.0140. The summed E-state index contributed by atoms with van der Waals surface area (Å²) in [4.78, 5) is 36.8. The van der Waals surface area contributed by atoms with Crippen LogP contribution in [0.15, 0.2) is 24.3 Å². The van der Waals surface area contributed by atoms with Gasteiger partial charge in [0.05, 0.1) is 19.1 Å². The summed E-state index contributed by atoms with van der Waals surface area (Å²) in [5.74, 6) is -1.78. The number of rotatable bonds is 8. The normalized spacial score (nSPS) is 26.5. The molecule has 1 aromatic rings. The molecule has 1 unspecified atom stereocenters. The van der Waals surface area contributed by atoms with Crippen LogP contribution in [0.1, 0.15) is 58.1 Å². The highest BCUT2D eigenvalue weighted by Crippen LogP contribution is 2.46. The molecule has 3 aliphatic rings. The maximum Gasteiger partial charge on any atom is 0.490 e. The molecule has 2 amide bonds. The Bertz CT molecular complexity index is 1090. The first-order valence-corrected chi connectivity index (χ1v) is 13.2. The standard InChI is InChI=1S/C25H36N4O4.C2HF3O2/c1-15(2)25(3)14-22(30)29(24(26)28-25)20(10-11-32-4)17-13-18(17)23(31)27-19-9-12-33-21-8-6-5-7-16(19)21;3-2(4,5)1(6)7/h5-8,15,17-20H,9-14H2,1-4H3,(H2,26,28)(H,27,31);(H,6,7)/t17-,18-,19+,20?,25-;/m1./s1. The summed E-state index contributed by atoms with van der Waals surface area (Å²) in [7, 11) is 1.63. The van der Waals surface area contributed by atoms with Gasteiger partial charge in [0, 0.05) is 43.2 Å². The summed E-state index contributed by atoms with van der Waals surface area (Å²) in [5, 5.41) is 22.2. The summed E-state index contributed by atoms with van der Waals surface area (Å²) in [6, 6.07) is 7.52. The van der Waals surface area contributed by atoms with E-state index >= 15 is 0 Å². The number of nitrogens with zero attached hydrogens (tertiary/aromatic N) is 1. The Labute approximate surface area is 231 Å². The highest BCUT2D eigenvalue weighted by molar-refractivity contribution is 5.99. The number of alkyl halides is 3. The molecule has 40 heavy (non-hydrogen) atoms. The van der Waals surface area contributed by atoms with E-state index in [1.54, 1.807) is 12.0 Å². The number of carbonyl (C=O) groups is 3. The number of halogens is 3. The fourth-order valence-electron chi connectivity index (χ4n) is 5.08. The molecular weight excluding hydrogens is 533 g/mol. The molecule has 1 aliphatic carbocycles. The van der Waals surface area contributed by atoms with Gasteiger partial charge in [0.2, 0.25) is 11.8 Å². The van der Waals surface area contributed by atoms with Crippen LogP contribution in [0.3, 0.4) is 0 Å². The maximum absolute atomic E-state index is 13.2. The summed E-state index contributed by atoms with van der Waals surface area (Å²) >= 11 is 0. The van der Waals surface area contributed by atoms with Crippen LogP contribution in [-0.2, 0) is 19.1 Å². The average molecular weight is 571 g/mol. The van der Waals surface area contributed by atoms with Crippen LogP contribution < -0.4 is 15.4 Å². The van der Waals surface area contributed by atoms with Crippen molar-refractivity contribution in [2.75, 3.05) is 20.3 Å². The number of hydrogen-bond donors (Lipinski definition) is 4. The fourth-order valence-corrected chi connectivity index (χ4v) is 5.08. The molecule has 2 heterocycles. The number of hydrogen-bond acceptors (Lipinski definition) is 6. The van der Waals surface area contributed by atoms with E-state index in [0.29, 0.717) is 32.5 Å². The molecular formula is C27H37F3N4O6. The largest absolute Gasteiger partial charge is 0.493 e. The predicted octanol–water partition coefficient (Wildman–Crippen LogP) is 3.47. The number of nitrogens with one attached hydrogen (secondary N) is 3. The molecule has 10 nitrogen and oxygen atoms in total. The number of aliphatic carboxylic acids is 1. The molecule has 4 rings (SSSR count). The molecule has 2 aliphatic heterocycles. The van der Waals surface area contributed by atoms with E-state index in [-0.39, 0.29) is 47.6 Å². The third-order valence-electron chi connectivity index (χ3n) is 7.84. The summed E-state index contributed by atoms with van der Waals surface area (Å²) in [6.45, 7) is 7.15. The number of methoxy groups -OCH3 is 1. The summed E-state index contributed by atoms with van der Waals surface area (Å²) < 4.78 is 42.8. The van der Waals surface area contributed by atoms with E-state index in [1.165, 1.54) is 0 Å². The second-order valence-electron chi connectivity index (χ2n) is 10.9. The van der Waals surface area contributed by atoms with Crippen LogP contribution >= 0.6 is 0 Å². The SMILES string of the molecule is COCCC([C@@H]1C[C@H]1C(=O)N[C@H]1CCOc2ccccc21)N1C(=N)N[C@@](C)(C(C)C)CC1=O.O=C(O)C(F)(F)F. The first-order chi connectivity index (χ1) is 18.7. The highest BCUT2D eigenvalue weighted by Gasteiger charge is 2.53. The lowest BCUT2D eigenvalue weighted by Gasteiger charge is -2.45. The van der Waals surface area contributed by atoms with Crippen LogP contribution in [0.5, 0.6) is 5.75 Å². The molecule has 2 fully saturated rings. The second kappa shape index (κ2) is 12.4. The van der Waals surface area contributed by atoms with E-state index in [2.05, 4.69) is 24.5 Å². The van der Waals surface area contributed by atoms with Crippen LogP contribution in [0, 0.1) is 23.2 Å². The van der Waals surface area contributed by atoms with Crippen molar-refractivity contribution in [1.82, 2.24) is 15.5 Å². The Kier molecular flexibility index (Phi) is 9.70. The number of benzene rings is 1. The van der Waals surface area contributed by atoms with Gasteiger partial charge in [0.25, 0.3) is 0 Å². The molecule has 0 spiro atoms. The van der Waals surface area contributed by atoms with Gasteiger partial charge in [-0.3, -0.25) is 19.9 Å². The van der Waals surface area contributed by atoms with E-state index in [1.807, 2.05) is 31.2 Å². The predicted molar refractivity (Wildman–Crippen MR) is 139 cm³/mol. The van der Waals surface area contributed by atoms with Gasteiger partial charge < -0.3 is 25.2 Å². The van der Waals surface area contributed by atoms with E-state index in [4.69, 9.17) is 24.8 Å². The van der Waals surface area contributed by atoms with E-state index in [0.717, 1.165) is 17.7 Å². The summed E-state index contributed by atoms with van der Waals surface area (Å²) in [6.07, 6.45) is -2.71. The smallest absolute Gasteiger partial charge is 0.490 e. The Hall–Kier alpha value is -3.35. The van der Waals surface area contributed by atoms with Crippen LogP contribution in [0.4, 0.5) is 13.2 Å². The molecule has 1 aromatic carbocycles. The van der Waals surface area contributed by atoms with Gasteiger partial charge >= 0.3 is 12.1 Å². The monoisotopic (exact) mass is 570 g/mol. The zero-order valence-corrected chi connectivity index (χ0v) is 23.0.